The Morgan fingerprint density at radius 2 is 1.00 bits per heavy atom. The number of furan rings is 1. The maximum absolute atomic E-state index is 6.74. The summed E-state index contributed by atoms with van der Waals surface area (Å²) in [5, 5.41) is 3.08. The summed E-state index contributed by atoms with van der Waals surface area (Å²) in [6.07, 6.45) is 1.83. The predicted molar refractivity (Wildman–Crippen MR) is 190 cm³/mol. The molecule has 47 heavy (non-hydrogen) atoms. The van der Waals surface area contributed by atoms with Gasteiger partial charge in [0.1, 0.15) is 11.2 Å². The summed E-state index contributed by atoms with van der Waals surface area (Å²) in [4.78, 5) is 19.7. The summed E-state index contributed by atoms with van der Waals surface area (Å²) in [5.74, 6) is 1.86. The lowest BCUT2D eigenvalue weighted by atomic mass is 9.92. The molecule has 5 heteroatoms. The third kappa shape index (κ3) is 4.73. The smallest absolute Gasteiger partial charge is 0.164 e. The Kier molecular flexibility index (Phi) is 6.39. The van der Waals surface area contributed by atoms with Crippen LogP contribution in [0.2, 0.25) is 0 Å². The summed E-state index contributed by atoms with van der Waals surface area (Å²) in [6, 6.07) is 51.4. The molecule has 0 aliphatic heterocycles. The standard InChI is InChI=1S/C42H26N4O/c1-4-13-27(14-5-1)31-22-23-33(38-35-26-36-30(19-12-24-43-36)25-37(35)47-39(31)38)32-20-10-11-21-34(32)42-45-40(28-15-6-2-7-16-28)44-41(46-42)29-17-8-3-9-18-29/h1-26H. The molecule has 9 rings (SSSR count). The zero-order valence-corrected chi connectivity index (χ0v) is 25.2. The first-order valence-corrected chi connectivity index (χ1v) is 15.6. The van der Waals surface area contributed by atoms with Crippen LogP contribution >= 0.6 is 0 Å². The highest BCUT2D eigenvalue weighted by Gasteiger charge is 2.21. The first-order valence-electron chi connectivity index (χ1n) is 15.6. The van der Waals surface area contributed by atoms with E-state index in [2.05, 4.69) is 77.8 Å². The second-order valence-corrected chi connectivity index (χ2v) is 11.5. The molecule has 0 spiro atoms. The fraction of sp³-hybridized carbons (Fsp3) is 0. The maximum atomic E-state index is 6.74. The molecule has 6 aromatic carbocycles. The van der Waals surface area contributed by atoms with E-state index in [4.69, 9.17) is 19.4 Å². The Morgan fingerprint density at radius 1 is 0.426 bits per heavy atom. The van der Waals surface area contributed by atoms with E-state index in [1.165, 1.54) is 0 Å². The average Bonchev–Trinajstić information content (AvgIpc) is 3.53. The largest absolute Gasteiger partial charge is 0.455 e. The SMILES string of the molecule is c1ccc(-c2nc(-c3ccccc3)nc(-c3ccccc3-c3ccc(-c4ccccc4)c4oc5cc6cccnc6cc5c34)n2)cc1. The van der Waals surface area contributed by atoms with Crippen molar-refractivity contribution in [2.24, 2.45) is 0 Å². The number of hydrogen-bond acceptors (Lipinski definition) is 5. The quantitative estimate of drug-likeness (QED) is 0.196. The predicted octanol–water partition coefficient (Wildman–Crippen LogP) is 10.7. The number of fused-ring (bicyclic) bond motifs is 4. The summed E-state index contributed by atoms with van der Waals surface area (Å²) < 4.78 is 6.74. The van der Waals surface area contributed by atoms with E-state index in [-0.39, 0.29) is 0 Å². The molecular formula is C42H26N4O. The van der Waals surface area contributed by atoms with Gasteiger partial charge in [-0.1, -0.05) is 127 Å². The van der Waals surface area contributed by atoms with Crippen molar-refractivity contribution in [2.75, 3.05) is 0 Å². The minimum Gasteiger partial charge on any atom is -0.455 e. The summed E-state index contributed by atoms with van der Waals surface area (Å²) >= 11 is 0. The Morgan fingerprint density at radius 3 is 1.68 bits per heavy atom. The molecule has 0 atom stereocenters. The zero-order chi connectivity index (χ0) is 31.2. The van der Waals surface area contributed by atoms with E-state index < -0.39 is 0 Å². The molecule has 0 bridgehead atoms. The van der Waals surface area contributed by atoms with Crippen molar-refractivity contribution < 1.29 is 4.42 Å². The van der Waals surface area contributed by atoms with Gasteiger partial charge in [-0.25, -0.2) is 15.0 Å². The van der Waals surface area contributed by atoms with E-state index in [0.717, 1.165) is 71.8 Å². The van der Waals surface area contributed by atoms with Crippen LogP contribution < -0.4 is 0 Å². The van der Waals surface area contributed by atoms with E-state index >= 15 is 0 Å². The number of rotatable bonds is 5. The number of nitrogens with zero attached hydrogens (tertiary/aromatic N) is 4. The number of aromatic nitrogens is 4. The second kappa shape index (κ2) is 11.2. The molecule has 0 radical (unpaired) electrons. The fourth-order valence-corrected chi connectivity index (χ4v) is 6.36. The first-order chi connectivity index (χ1) is 23.3. The van der Waals surface area contributed by atoms with Gasteiger partial charge in [-0.05, 0) is 41.0 Å². The van der Waals surface area contributed by atoms with E-state index in [0.29, 0.717) is 17.5 Å². The molecule has 220 valence electrons. The van der Waals surface area contributed by atoms with Crippen LogP contribution in [0, 0.1) is 0 Å². The normalized spacial score (nSPS) is 11.4. The molecule has 3 heterocycles. The van der Waals surface area contributed by atoms with Crippen molar-refractivity contribution in [2.45, 2.75) is 0 Å². The summed E-state index contributed by atoms with van der Waals surface area (Å²) in [5.41, 5.74) is 9.51. The maximum Gasteiger partial charge on any atom is 0.164 e. The average molecular weight is 603 g/mol. The van der Waals surface area contributed by atoms with Crippen LogP contribution in [0.25, 0.3) is 89.3 Å². The van der Waals surface area contributed by atoms with Gasteiger partial charge >= 0.3 is 0 Å². The van der Waals surface area contributed by atoms with Crippen molar-refractivity contribution in [3.63, 3.8) is 0 Å². The third-order valence-electron chi connectivity index (χ3n) is 8.59. The molecule has 0 fully saturated rings. The molecule has 0 aliphatic rings. The van der Waals surface area contributed by atoms with Crippen LogP contribution in [0.3, 0.4) is 0 Å². The van der Waals surface area contributed by atoms with Crippen LogP contribution in [0.5, 0.6) is 0 Å². The summed E-state index contributed by atoms with van der Waals surface area (Å²) in [7, 11) is 0. The number of pyridine rings is 1. The second-order valence-electron chi connectivity index (χ2n) is 11.5. The Bertz CT molecular complexity index is 2500. The summed E-state index contributed by atoms with van der Waals surface area (Å²) in [6.45, 7) is 0. The minimum absolute atomic E-state index is 0.605. The third-order valence-corrected chi connectivity index (χ3v) is 8.59. The van der Waals surface area contributed by atoms with Crippen LogP contribution in [0.1, 0.15) is 0 Å². The molecule has 3 aromatic heterocycles. The highest BCUT2D eigenvalue weighted by Crippen LogP contribution is 2.44. The van der Waals surface area contributed by atoms with Crippen LogP contribution in [0.15, 0.2) is 162 Å². The lowest BCUT2D eigenvalue weighted by molar-refractivity contribution is 0.670. The number of benzene rings is 6. The van der Waals surface area contributed by atoms with Gasteiger partial charge in [-0.3, -0.25) is 4.98 Å². The van der Waals surface area contributed by atoms with Gasteiger partial charge in [0, 0.05) is 44.6 Å². The Labute approximate surface area is 270 Å². The molecular weight excluding hydrogens is 576 g/mol. The highest BCUT2D eigenvalue weighted by molar-refractivity contribution is 6.19. The van der Waals surface area contributed by atoms with Crippen LogP contribution in [0.4, 0.5) is 0 Å². The molecule has 9 aromatic rings. The Hall–Kier alpha value is -6.46. The van der Waals surface area contributed by atoms with Gasteiger partial charge < -0.3 is 4.42 Å². The molecule has 0 saturated carbocycles. The van der Waals surface area contributed by atoms with Crippen molar-refractivity contribution in [3.8, 4) is 56.4 Å². The first kappa shape index (κ1) is 26.9. The topological polar surface area (TPSA) is 64.7 Å². The molecule has 5 nitrogen and oxygen atoms in total. The van der Waals surface area contributed by atoms with Gasteiger partial charge in [0.05, 0.1) is 5.52 Å². The van der Waals surface area contributed by atoms with Crippen molar-refractivity contribution >= 4 is 32.8 Å². The molecule has 0 N–H and O–H groups in total. The fourth-order valence-electron chi connectivity index (χ4n) is 6.36. The monoisotopic (exact) mass is 602 g/mol. The highest BCUT2D eigenvalue weighted by atomic mass is 16.3. The molecule has 0 unspecified atom stereocenters. The van der Waals surface area contributed by atoms with Gasteiger partial charge in [0.25, 0.3) is 0 Å². The van der Waals surface area contributed by atoms with Gasteiger partial charge in [0.15, 0.2) is 17.5 Å². The lowest BCUT2D eigenvalue weighted by Gasteiger charge is -2.14. The van der Waals surface area contributed by atoms with Gasteiger partial charge in [-0.15, -0.1) is 0 Å². The van der Waals surface area contributed by atoms with Gasteiger partial charge in [0.2, 0.25) is 0 Å². The lowest BCUT2D eigenvalue weighted by Crippen LogP contribution is -2.01. The Balaban J connectivity index is 1.33. The van der Waals surface area contributed by atoms with Crippen LogP contribution in [-0.4, -0.2) is 19.9 Å². The van der Waals surface area contributed by atoms with E-state index in [1.54, 1.807) is 0 Å². The van der Waals surface area contributed by atoms with E-state index in [9.17, 15) is 0 Å². The van der Waals surface area contributed by atoms with Crippen molar-refractivity contribution in [3.05, 3.63) is 158 Å². The minimum atomic E-state index is 0.605. The number of hydrogen-bond donors (Lipinski definition) is 0. The molecule has 0 aliphatic carbocycles. The zero-order valence-electron chi connectivity index (χ0n) is 25.2. The van der Waals surface area contributed by atoms with Crippen molar-refractivity contribution in [1.29, 1.82) is 0 Å². The van der Waals surface area contributed by atoms with Crippen molar-refractivity contribution in [1.82, 2.24) is 19.9 Å². The molecule has 0 saturated heterocycles. The van der Waals surface area contributed by atoms with E-state index in [1.807, 2.05) is 85.1 Å². The molecule has 0 amide bonds. The van der Waals surface area contributed by atoms with Gasteiger partial charge in [-0.2, -0.15) is 0 Å². The van der Waals surface area contributed by atoms with Crippen LogP contribution in [-0.2, 0) is 0 Å².